The predicted molar refractivity (Wildman–Crippen MR) is 134 cm³/mol. The normalized spacial score (nSPS) is 11.3. The van der Waals surface area contributed by atoms with E-state index in [9.17, 15) is 5.11 Å². The van der Waals surface area contributed by atoms with Crippen LogP contribution in [-0.2, 0) is 5.41 Å². The van der Waals surface area contributed by atoms with Crippen molar-refractivity contribution in [3.8, 4) is 11.5 Å². The Morgan fingerprint density at radius 1 is 0.767 bits per heavy atom. The standard InChI is InChI=1S/C26H47NO2.ClH/c1-5-6-7-8-9-10-11-12-13-14-15-16-17-18-19-29-25-21-23(27)24(28)20-22(25)26(2,3)4;/h20-21,28H,5-19,27H2,1-4H3;1H. The summed E-state index contributed by atoms with van der Waals surface area (Å²) in [6.07, 6.45) is 19.0. The molecule has 176 valence electrons. The number of phenols is 1. The molecule has 3 nitrogen and oxygen atoms in total. The zero-order chi connectivity index (χ0) is 21.5. The number of nitrogens with two attached hydrogens (primary N) is 1. The number of halogens is 1. The van der Waals surface area contributed by atoms with Crippen LogP contribution < -0.4 is 10.5 Å². The summed E-state index contributed by atoms with van der Waals surface area (Å²) in [6.45, 7) is 9.36. The Bertz CT molecular complexity index is 555. The maximum atomic E-state index is 9.91. The lowest BCUT2D eigenvalue weighted by atomic mass is 9.86. The van der Waals surface area contributed by atoms with Crippen LogP contribution in [0.1, 0.15) is 123 Å². The van der Waals surface area contributed by atoms with E-state index in [0.29, 0.717) is 12.3 Å². The van der Waals surface area contributed by atoms with Crippen LogP contribution in [0.3, 0.4) is 0 Å². The lowest BCUT2D eigenvalue weighted by molar-refractivity contribution is 0.296. The van der Waals surface area contributed by atoms with Crippen LogP contribution >= 0.6 is 12.4 Å². The summed E-state index contributed by atoms with van der Waals surface area (Å²) >= 11 is 0. The third kappa shape index (κ3) is 12.6. The summed E-state index contributed by atoms with van der Waals surface area (Å²) in [5.74, 6) is 0.946. The van der Waals surface area contributed by atoms with Gasteiger partial charge in [0.25, 0.3) is 0 Å². The number of unbranched alkanes of at least 4 members (excludes halogenated alkanes) is 13. The van der Waals surface area contributed by atoms with Crippen molar-refractivity contribution in [2.24, 2.45) is 0 Å². The highest BCUT2D eigenvalue weighted by molar-refractivity contribution is 5.85. The number of hydrogen-bond donors (Lipinski definition) is 2. The summed E-state index contributed by atoms with van der Waals surface area (Å²) in [5, 5.41) is 9.91. The number of hydrogen-bond acceptors (Lipinski definition) is 3. The SMILES string of the molecule is CCCCCCCCCCCCCCCCOc1cc(N)c(O)cc1C(C)(C)C.Cl. The highest BCUT2D eigenvalue weighted by atomic mass is 35.5. The molecule has 0 spiro atoms. The van der Waals surface area contributed by atoms with Crippen molar-refractivity contribution in [3.05, 3.63) is 17.7 Å². The number of nitrogen functional groups attached to an aromatic ring is 1. The average molecular weight is 442 g/mol. The first-order valence-electron chi connectivity index (χ1n) is 12.1. The van der Waals surface area contributed by atoms with Gasteiger partial charge in [-0.05, 0) is 17.9 Å². The fraction of sp³-hybridized carbons (Fsp3) is 0.769. The molecule has 0 aromatic heterocycles. The van der Waals surface area contributed by atoms with Crippen molar-refractivity contribution < 1.29 is 9.84 Å². The first-order valence-corrected chi connectivity index (χ1v) is 12.1. The highest BCUT2D eigenvalue weighted by Crippen LogP contribution is 2.37. The molecule has 0 atom stereocenters. The maximum Gasteiger partial charge on any atom is 0.139 e. The van der Waals surface area contributed by atoms with Crippen molar-refractivity contribution in [2.45, 2.75) is 123 Å². The molecular weight excluding hydrogens is 394 g/mol. The lowest BCUT2D eigenvalue weighted by Crippen LogP contribution is -2.14. The Kier molecular flexibility index (Phi) is 16.0. The second kappa shape index (κ2) is 16.6. The molecule has 0 amide bonds. The molecule has 0 bridgehead atoms. The second-order valence-corrected chi connectivity index (χ2v) is 9.60. The van der Waals surface area contributed by atoms with Crippen molar-refractivity contribution in [2.75, 3.05) is 12.3 Å². The molecule has 0 aliphatic rings. The van der Waals surface area contributed by atoms with Crippen LogP contribution in [0.25, 0.3) is 0 Å². The molecule has 0 heterocycles. The first-order chi connectivity index (χ1) is 13.9. The molecule has 3 N–H and O–H groups in total. The third-order valence-corrected chi connectivity index (χ3v) is 5.69. The van der Waals surface area contributed by atoms with Gasteiger partial charge in [-0.25, -0.2) is 0 Å². The molecule has 0 saturated heterocycles. The highest BCUT2D eigenvalue weighted by Gasteiger charge is 2.21. The lowest BCUT2D eigenvalue weighted by Gasteiger charge is -2.23. The van der Waals surface area contributed by atoms with Gasteiger partial charge in [0.1, 0.15) is 11.5 Å². The second-order valence-electron chi connectivity index (χ2n) is 9.60. The number of aromatic hydroxyl groups is 1. The molecule has 1 rings (SSSR count). The number of ether oxygens (including phenoxy) is 1. The van der Waals surface area contributed by atoms with Crippen LogP contribution in [0.4, 0.5) is 5.69 Å². The van der Waals surface area contributed by atoms with Crippen molar-refractivity contribution in [3.63, 3.8) is 0 Å². The average Bonchev–Trinajstić information content (AvgIpc) is 2.66. The van der Waals surface area contributed by atoms with E-state index in [1.54, 1.807) is 12.1 Å². The summed E-state index contributed by atoms with van der Waals surface area (Å²) in [5.41, 5.74) is 7.16. The Balaban J connectivity index is 0.00000841. The molecule has 1 aromatic rings. The minimum atomic E-state index is -0.0873. The van der Waals surface area contributed by atoms with E-state index in [-0.39, 0.29) is 23.6 Å². The van der Waals surface area contributed by atoms with Crippen molar-refractivity contribution >= 4 is 18.1 Å². The Morgan fingerprint density at radius 2 is 1.20 bits per heavy atom. The largest absolute Gasteiger partial charge is 0.506 e. The van der Waals surface area contributed by atoms with Crippen LogP contribution in [0.15, 0.2) is 12.1 Å². The van der Waals surface area contributed by atoms with Crippen molar-refractivity contribution in [1.29, 1.82) is 0 Å². The zero-order valence-corrected chi connectivity index (χ0v) is 20.9. The van der Waals surface area contributed by atoms with Gasteiger partial charge in [0.15, 0.2) is 0 Å². The quantitative estimate of drug-likeness (QED) is 0.153. The van der Waals surface area contributed by atoms with Gasteiger partial charge in [0.05, 0.1) is 12.3 Å². The van der Waals surface area contributed by atoms with E-state index >= 15 is 0 Å². The fourth-order valence-electron chi connectivity index (χ4n) is 3.77. The van der Waals surface area contributed by atoms with Gasteiger partial charge in [0, 0.05) is 11.6 Å². The summed E-state index contributed by atoms with van der Waals surface area (Å²) in [7, 11) is 0. The smallest absolute Gasteiger partial charge is 0.139 e. The molecule has 0 radical (unpaired) electrons. The molecular formula is C26H48ClNO2. The number of phenolic OH excluding ortho intramolecular Hbond substituents is 1. The van der Waals surface area contributed by atoms with Crippen LogP contribution in [-0.4, -0.2) is 11.7 Å². The molecule has 0 aliphatic heterocycles. The minimum absolute atomic E-state index is 0. The molecule has 0 aliphatic carbocycles. The monoisotopic (exact) mass is 441 g/mol. The number of anilines is 1. The first kappa shape index (κ1) is 28.9. The topological polar surface area (TPSA) is 55.5 Å². The molecule has 30 heavy (non-hydrogen) atoms. The fourth-order valence-corrected chi connectivity index (χ4v) is 3.77. The Morgan fingerprint density at radius 3 is 1.63 bits per heavy atom. The van der Waals surface area contributed by atoms with Gasteiger partial charge in [0.2, 0.25) is 0 Å². The summed E-state index contributed by atoms with van der Waals surface area (Å²) in [6, 6.07) is 3.51. The summed E-state index contributed by atoms with van der Waals surface area (Å²) in [4.78, 5) is 0. The Hall–Kier alpha value is -1.09. The van der Waals surface area contributed by atoms with Gasteiger partial charge in [-0.3, -0.25) is 0 Å². The third-order valence-electron chi connectivity index (χ3n) is 5.69. The van der Waals surface area contributed by atoms with Gasteiger partial charge in [-0.1, -0.05) is 111 Å². The van der Waals surface area contributed by atoms with E-state index in [1.165, 1.54) is 83.5 Å². The van der Waals surface area contributed by atoms with Gasteiger partial charge in [-0.15, -0.1) is 12.4 Å². The van der Waals surface area contributed by atoms with E-state index in [0.717, 1.165) is 17.7 Å². The van der Waals surface area contributed by atoms with E-state index < -0.39 is 0 Å². The molecule has 0 saturated carbocycles. The molecule has 4 heteroatoms. The van der Waals surface area contributed by atoms with Crippen LogP contribution in [0.5, 0.6) is 11.5 Å². The van der Waals surface area contributed by atoms with Crippen molar-refractivity contribution in [1.82, 2.24) is 0 Å². The van der Waals surface area contributed by atoms with Gasteiger partial charge in [-0.2, -0.15) is 0 Å². The molecule has 0 fully saturated rings. The minimum Gasteiger partial charge on any atom is -0.506 e. The summed E-state index contributed by atoms with van der Waals surface area (Å²) < 4.78 is 6.02. The van der Waals surface area contributed by atoms with E-state index in [2.05, 4.69) is 27.7 Å². The maximum absolute atomic E-state index is 9.91. The van der Waals surface area contributed by atoms with Crippen LogP contribution in [0, 0.1) is 0 Å². The zero-order valence-electron chi connectivity index (χ0n) is 20.1. The number of benzene rings is 1. The van der Waals surface area contributed by atoms with E-state index in [4.69, 9.17) is 10.5 Å². The van der Waals surface area contributed by atoms with Gasteiger partial charge >= 0.3 is 0 Å². The van der Waals surface area contributed by atoms with E-state index in [1.807, 2.05) is 0 Å². The Labute approximate surface area is 192 Å². The molecule has 0 unspecified atom stereocenters. The number of rotatable bonds is 16. The van der Waals surface area contributed by atoms with Crippen LogP contribution in [0.2, 0.25) is 0 Å². The molecule has 1 aromatic carbocycles. The van der Waals surface area contributed by atoms with Gasteiger partial charge < -0.3 is 15.6 Å². The predicted octanol–water partition coefficient (Wildman–Crippen LogP) is 8.55.